The van der Waals surface area contributed by atoms with Crippen LogP contribution in [0.25, 0.3) is 26.7 Å². The highest BCUT2D eigenvalue weighted by Crippen LogP contribution is 2.45. The molecule has 0 aliphatic carbocycles. The molecule has 0 saturated heterocycles. The fraction of sp³-hybridized carbons (Fsp3) is 0.174. The summed E-state index contributed by atoms with van der Waals surface area (Å²) >= 11 is 10.8. The Morgan fingerprint density at radius 2 is 1.76 bits per heavy atom. The zero-order valence-electron chi connectivity index (χ0n) is 17.8. The molecule has 11 heteroatoms. The van der Waals surface area contributed by atoms with Gasteiger partial charge in [0.25, 0.3) is 0 Å². The number of rotatable bonds is 5. The normalized spacial score (nSPS) is 12.3. The van der Waals surface area contributed by atoms with Gasteiger partial charge in [0, 0.05) is 11.1 Å². The molecule has 4 aromatic rings. The Morgan fingerprint density at radius 3 is 2.41 bits per heavy atom. The second kappa shape index (κ2) is 9.14. The van der Waals surface area contributed by atoms with Crippen LogP contribution in [0.3, 0.4) is 0 Å². The van der Waals surface area contributed by atoms with Gasteiger partial charge in [-0.15, -0.1) is 11.3 Å². The lowest BCUT2D eigenvalue weighted by molar-refractivity contribution is -0.141. The van der Waals surface area contributed by atoms with Crippen molar-refractivity contribution in [2.24, 2.45) is 0 Å². The molecule has 0 saturated carbocycles. The van der Waals surface area contributed by atoms with Crippen molar-refractivity contribution in [1.29, 1.82) is 0 Å². The Morgan fingerprint density at radius 1 is 1.09 bits per heavy atom. The number of aromatic nitrogens is 2. The molecule has 0 N–H and O–H groups in total. The van der Waals surface area contributed by atoms with Gasteiger partial charge in [-0.2, -0.15) is 18.3 Å². The minimum atomic E-state index is -4.68. The van der Waals surface area contributed by atoms with Gasteiger partial charge in [-0.25, -0.2) is 13.1 Å². The van der Waals surface area contributed by atoms with Crippen LogP contribution in [0.15, 0.2) is 64.0 Å². The van der Waals surface area contributed by atoms with Crippen molar-refractivity contribution >= 4 is 48.7 Å². The molecule has 0 fully saturated rings. The Labute approximate surface area is 212 Å². The molecule has 0 amide bonds. The maximum atomic E-state index is 13.8. The van der Waals surface area contributed by atoms with Gasteiger partial charge in [0.15, 0.2) is 15.5 Å². The molecule has 0 bridgehead atoms. The van der Waals surface area contributed by atoms with Crippen LogP contribution in [0.2, 0.25) is 5.02 Å². The van der Waals surface area contributed by atoms with E-state index < -0.39 is 21.7 Å². The van der Waals surface area contributed by atoms with Crippen molar-refractivity contribution < 1.29 is 21.6 Å². The molecule has 34 heavy (non-hydrogen) atoms. The summed E-state index contributed by atoms with van der Waals surface area (Å²) in [5.74, 6) is 0. The first-order valence-electron chi connectivity index (χ1n) is 9.96. The lowest BCUT2D eigenvalue weighted by atomic mass is 10.1. The predicted molar refractivity (Wildman–Crippen MR) is 133 cm³/mol. The molecule has 2 heterocycles. The summed E-state index contributed by atoms with van der Waals surface area (Å²) < 4.78 is 66.3. The highest BCUT2D eigenvalue weighted by atomic mass is 79.9. The molecular formula is C23H17BrClF3N2O2S2. The Bertz CT molecular complexity index is 1490. The zero-order chi connectivity index (χ0) is 24.8. The number of sulfone groups is 1. The van der Waals surface area contributed by atoms with Gasteiger partial charge in [-0.3, -0.25) is 0 Å². The largest absolute Gasteiger partial charge is 0.436 e. The number of nitrogens with zero attached hydrogens (tertiary/aromatic N) is 2. The number of benzene rings is 2. The van der Waals surface area contributed by atoms with Crippen molar-refractivity contribution in [2.45, 2.75) is 24.4 Å². The average molecular weight is 590 g/mol. The summed E-state index contributed by atoms with van der Waals surface area (Å²) in [4.78, 5) is 1.37. The summed E-state index contributed by atoms with van der Waals surface area (Å²) in [6.07, 6.45) is -3.02. The minimum Gasteiger partial charge on any atom is -0.229 e. The van der Waals surface area contributed by atoms with Crippen LogP contribution in [0.1, 0.15) is 18.2 Å². The smallest absolute Gasteiger partial charge is 0.229 e. The average Bonchev–Trinajstić information content (AvgIpc) is 3.37. The van der Waals surface area contributed by atoms with Crippen LogP contribution in [0, 0.1) is 0 Å². The molecule has 4 nitrogen and oxygen atoms in total. The molecule has 0 spiro atoms. The highest BCUT2D eigenvalue weighted by Gasteiger charge is 2.39. The Balaban J connectivity index is 1.94. The summed E-state index contributed by atoms with van der Waals surface area (Å²) in [6, 6.07) is 15.0. The van der Waals surface area contributed by atoms with Gasteiger partial charge in [0.2, 0.25) is 0 Å². The molecular weight excluding hydrogens is 573 g/mol. The van der Waals surface area contributed by atoms with E-state index in [9.17, 15) is 21.6 Å². The van der Waals surface area contributed by atoms with E-state index >= 15 is 0 Å². The topological polar surface area (TPSA) is 52.0 Å². The molecule has 2 aromatic heterocycles. The van der Waals surface area contributed by atoms with Gasteiger partial charge < -0.3 is 0 Å². The van der Waals surface area contributed by atoms with E-state index in [1.807, 2.05) is 6.92 Å². The Hall–Kier alpha value is -2.14. The van der Waals surface area contributed by atoms with Gasteiger partial charge in [0.1, 0.15) is 0 Å². The Kier molecular flexibility index (Phi) is 6.71. The maximum Gasteiger partial charge on any atom is 0.436 e. The van der Waals surface area contributed by atoms with Crippen molar-refractivity contribution in [3.05, 3.63) is 75.4 Å². The van der Waals surface area contributed by atoms with E-state index in [0.29, 0.717) is 27.4 Å². The zero-order valence-corrected chi connectivity index (χ0v) is 21.8. The van der Waals surface area contributed by atoms with Gasteiger partial charge in [0.05, 0.1) is 30.6 Å². The van der Waals surface area contributed by atoms with Crippen molar-refractivity contribution in [2.75, 3.05) is 6.26 Å². The SMILES string of the molecule is CCc1cccc(Cl)c1-n1nc(C(F)(F)F)c(Br)c1-c1ccc(-c2cccc(S(C)(=O)=O)c2)s1. The second-order valence-electron chi connectivity index (χ2n) is 7.49. The minimum absolute atomic E-state index is 0.161. The highest BCUT2D eigenvalue weighted by molar-refractivity contribution is 9.10. The van der Waals surface area contributed by atoms with Crippen LogP contribution in [-0.4, -0.2) is 24.5 Å². The number of aryl methyl sites for hydroxylation is 1. The lowest BCUT2D eigenvalue weighted by Gasteiger charge is -2.13. The molecule has 2 aromatic carbocycles. The van der Waals surface area contributed by atoms with E-state index in [4.69, 9.17) is 11.6 Å². The fourth-order valence-corrected chi connectivity index (χ4v) is 6.33. The lowest BCUT2D eigenvalue weighted by Crippen LogP contribution is -2.09. The third-order valence-corrected chi connectivity index (χ3v) is 8.45. The molecule has 0 aliphatic rings. The molecule has 0 radical (unpaired) electrons. The third-order valence-electron chi connectivity index (χ3n) is 5.15. The van der Waals surface area contributed by atoms with E-state index in [-0.39, 0.29) is 20.1 Å². The number of hydrogen-bond acceptors (Lipinski definition) is 4. The van der Waals surface area contributed by atoms with Gasteiger partial charge >= 0.3 is 6.18 Å². The van der Waals surface area contributed by atoms with Crippen molar-refractivity contribution in [1.82, 2.24) is 9.78 Å². The standard InChI is InChI=1S/C23H17BrClF3N2O2S2/c1-3-13-6-5-9-16(25)20(13)30-21(19(24)22(29-30)23(26,27)28)18-11-10-17(33-18)14-7-4-8-15(12-14)34(2,31)32/h4-12H,3H2,1-2H3. The van der Waals surface area contributed by atoms with Crippen LogP contribution in [0.4, 0.5) is 13.2 Å². The maximum absolute atomic E-state index is 13.8. The molecule has 4 rings (SSSR count). The number of para-hydroxylation sites is 1. The third kappa shape index (κ3) is 4.68. The predicted octanol–water partition coefficient (Wildman–Crippen LogP) is 7.67. The molecule has 0 aliphatic heterocycles. The number of halogens is 5. The molecule has 0 atom stereocenters. The first kappa shape index (κ1) is 25.0. The summed E-state index contributed by atoms with van der Waals surface area (Å²) in [5.41, 5.74) is 0.926. The van der Waals surface area contributed by atoms with Crippen molar-refractivity contribution in [3.8, 4) is 26.7 Å². The molecule has 0 unspecified atom stereocenters. The second-order valence-corrected chi connectivity index (χ2v) is 11.8. The first-order chi connectivity index (χ1) is 15.9. The number of thiophene rings is 1. The molecule has 178 valence electrons. The fourth-order valence-electron chi connectivity index (χ4n) is 3.54. The van der Waals surface area contributed by atoms with Crippen LogP contribution < -0.4 is 0 Å². The van der Waals surface area contributed by atoms with Gasteiger partial charge in [-0.1, -0.05) is 42.8 Å². The van der Waals surface area contributed by atoms with E-state index in [1.54, 1.807) is 48.5 Å². The summed E-state index contributed by atoms with van der Waals surface area (Å²) in [6.45, 7) is 1.88. The summed E-state index contributed by atoms with van der Waals surface area (Å²) in [5, 5.41) is 4.19. The first-order valence-corrected chi connectivity index (χ1v) is 13.8. The monoisotopic (exact) mass is 588 g/mol. The van der Waals surface area contributed by atoms with E-state index in [0.717, 1.165) is 11.8 Å². The van der Waals surface area contributed by atoms with E-state index in [1.165, 1.54) is 22.1 Å². The van der Waals surface area contributed by atoms with Crippen LogP contribution in [-0.2, 0) is 22.4 Å². The summed E-state index contributed by atoms with van der Waals surface area (Å²) in [7, 11) is -3.41. The van der Waals surface area contributed by atoms with E-state index in [2.05, 4.69) is 21.0 Å². The number of hydrogen-bond donors (Lipinski definition) is 0. The van der Waals surface area contributed by atoms with Crippen LogP contribution in [0.5, 0.6) is 0 Å². The van der Waals surface area contributed by atoms with Crippen molar-refractivity contribution in [3.63, 3.8) is 0 Å². The van der Waals surface area contributed by atoms with Gasteiger partial charge in [-0.05, 0) is 63.8 Å². The quantitative estimate of drug-likeness (QED) is 0.240. The van der Waals surface area contributed by atoms with Crippen LogP contribution >= 0.6 is 38.9 Å². The number of alkyl halides is 3.